The molecule has 2 aromatic heterocycles. The average molecular weight is 438 g/mol. The quantitative estimate of drug-likeness (QED) is 0.654. The van der Waals surface area contributed by atoms with Crippen LogP contribution in [-0.4, -0.2) is 43.9 Å². The highest BCUT2D eigenvalue weighted by Gasteiger charge is 2.25. The van der Waals surface area contributed by atoms with Gasteiger partial charge in [0.25, 0.3) is 5.91 Å². The molecule has 4 rings (SSSR count). The van der Waals surface area contributed by atoms with Crippen LogP contribution in [0.1, 0.15) is 62.6 Å². The van der Waals surface area contributed by atoms with Crippen molar-refractivity contribution in [2.24, 2.45) is 0 Å². The molecule has 0 radical (unpaired) electrons. The van der Waals surface area contributed by atoms with Gasteiger partial charge >= 0.3 is 0 Å². The smallest absolute Gasteiger partial charge is 0.272 e. The van der Waals surface area contributed by atoms with Gasteiger partial charge in [-0.3, -0.25) is 9.59 Å². The van der Waals surface area contributed by atoms with Crippen molar-refractivity contribution in [3.8, 4) is 11.3 Å². The van der Waals surface area contributed by atoms with Crippen molar-refractivity contribution in [1.82, 2.24) is 19.5 Å². The van der Waals surface area contributed by atoms with Crippen molar-refractivity contribution in [1.29, 1.82) is 0 Å². The van der Waals surface area contributed by atoms with E-state index in [4.69, 9.17) is 0 Å². The largest absolute Gasteiger partial charge is 0.335 e. The number of carbonyl (C=O) groups excluding carboxylic acids is 2. The Balaban J connectivity index is 1.71. The molecule has 8 heteroatoms. The average Bonchev–Trinajstić information content (AvgIpc) is 3.06. The van der Waals surface area contributed by atoms with Gasteiger partial charge in [0.05, 0.1) is 5.69 Å². The van der Waals surface area contributed by atoms with Crippen molar-refractivity contribution in [2.45, 2.75) is 58.9 Å². The number of anilines is 1. The van der Waals surface area contributed by atoms with Gasteiger partial charge in [0.1, 0.15) is 11.5 Å². The minimum Gasteiger partial charge on any atom is -0.335 e. The van der Waals surface area contributed by atoms with Crippen LogP contribution in [0.5, 0.6) is 0 Å². The van der Waals surface area contributed by atoms with Crippen LogP contribution in [0.3, 0.4) is 0 Å². The fraction of sp³-hybridized carbons (Fsp3) is 0.417. The van der Waals surface area contributed by atoms with Crippen molar-refractivity contribution in [3.63, 3.8) is 0 Å². The molecule has 1 aliphatic rings. The minimum atomic E-state index is -0.493. The second-order valence-corrected chi connectivity index (χ2v) is 8.36. The van der Waals surface area contributed by atoms with Crippen molar-refractivity contribution < 1.29 is 14.0 Å². The molecule has 168 valence electrons. The van der Waals surface area contributed by atoms with Gasteiger partial charge in [-0.25, -0.2) is 13.9 Å². The van der Waals surface area contributed by atoms with E-state index < -0.39 is 5.82 Å². The molecular formula is C24H28FN5O2. The minimum absolute atomic E-state index is 0.0646. The van der Waals surface area contributed by atoms with E-state index in [1.165, 1.54) is 13.0 Å². The molecule has 1 N–H and O–H groups in total. The maximum absolute atomic E-state index is 14.7. The summed E-state index contributed by atoms with van der Waals surface area (Å²) in [4.78, 5) is 31.0. The molecule has 1 aromatic carbocycles. The number of likely N-dealkylation sites (tertiary alicyclic amines) is 1. The number of nitrogens with one attached hydrogen (secondary N) is 1. The molecule has 1 atom stereocenters. The number of carbonyl (C=O) groups is 2. The molecule has 0 saturated carbocycles. The molecule has 0 bridgehead atoms. The Labute approximate surface area is 186 Å². The maximum Gasteiger partial charge on any atom is 0.272 e. The Kier molecular flexibility index (Phi) is 6.21. The summed E-state index contributed by atoms with van der Waals surface area (Å²) < 4.78 is 16.4. The first kappa shape index (κ1) is 21.9. The van der Waals surface area contributed by atoms with E-state index >= 15 is 0 Å². The van der Waals surface area contributed by atoms with Crippen LogP contribution in [-0.2, 0) is 11.2 Å². The number of benzene rings is 1. The number of amides is 2. The molecule has 3 heterocycles. The number of hydrogen-bond acceptors (Lipinski definition) is 4. The molecule has 1 saturated heterocycles. The number of nitrogens with zero attached hydrogens (tertiary/aromatic N) is 4. The van der Waals surface area contributed by atoms with Crippen LogP contribution in [0.25, 0.3) is 16.9 Å². The SMILES string of the molecule is CCc1cc(C(=O)N2CCCCCC2C)nc2cc(-c3ccc(NC(C)=O)cc3F)nn12. The third-order valence-corrected chi connectivity index (χ3v) is 5.96. The van der Waals surface area contributed by atoms with E-state index in [2.05, 4.69) is 22.3 Å². The van der Waals surface area contributed by atoms with E-state index in [-0.39, 0.29) is 17.9 Å². The highest BCUT2D eigenvalue weighted by molar-refractivity contribution is 5.93. The number of halogens is 1. The normalized spacial score (nSPS) is 16.8. The zero-order chi connectivity index (χ0) is 22.8. The Bertz CT molecular complexity index is 1170. The Morgan fingerprint density at radius 1 is 1.19 bits per heavy atom. The summed E-state index contributed by atoms with van der Waals surface area (Å²) in [6.45, 7) is 6.19. The van der Waals surface area contributed by atoms with E-state index in [9.17, 15) is 14.0 Å². The lowest BCUT2D eigenvalue weighted by Crippen LogP contribution is -2.38. The second kappa shape index (κ2) is 9.06. The molecular weight excluding hydrogens is 409 g/mol. The van der Waals surface area contributed by atoms with Gasteiger partial charge in [-0.2, -0.15) is 5.10 Å². The molecule has 0 spiro atoms. The lowest BCUT2D eigenvalue weighted by Gasteiger charge is -2.27. The van der Waals surface area contributed by atoms with Gasteiger partial charge in [0, 0.05) is 42.5 Å². The van der Waals surface area contributed by atoms with Crippen LogP contribution in [0.15, 0.2) is 30.3 Å². The van der Waals surface area contributed by atoms with Gasteiger partial charge in [-0.1, -0.05) is 19.8 Å². The number of fused-ring (bicyclic) bond motifs is 1. The standard InChI is InChI=1S/C24H28FN5O2/c1-4-18-13-22(24(32)29-11-7-5-6-8-15(29)2)27-23-14-21(28-30(18)23)19-10-9-17(12-20(19)25)26-16(3)31/h9-10,12-15H,4-8,11H2,1-3H3,(H,26,31). The summed E-state index contributed by atoms with van der Waals surface area (Å²) in [5, 5.41) is 7.12. The fourth-order valence-electron chi connectivity index (χ4n) is 4.26. The molecule has 2 amide bonds. The van der Waals surface area contributed by atoms with E-state index in [1.807, 2.05) is 11.8 Å². The first-order chi connectivity index (χ1) is 15.4. The topological polar surface area (TPSA) is 79.6 Å². The molecule has 1 fully saturated rings. The Hall–Kier alpha value is -3.29. The van der Waals surface area contributed by atoms with Gasteiger partial charge in [-0.15, -0.1) is 0 Å². The summed E-state index contributed by atoms with van der Waals surface area (Å²) in [7, 11) is 0. The van der Waals surface area contributed by atoms with Gasteiger partial charge in [0.2, 0.25) is 5.91 Å². The zero-order valence-electron chi connectivity index (χ0n) is 18.7. The van der Waals surface area contributed by atoms with Crippen LogP contribution >= 0.6 is 0 Å². The van der Waals surface area contributed by atoms with Gasteiger partial charge in [0.15, 0.2) is 5.65 Å². The monoisotopic (exact) mass is 437 g/mol. The molecule has 1 unspecified atom stereocenters. The lowest BCUT2D eigenvalue weighted by atomic mass is 10.1. The molecule has 3 aromatic rings. The molecule has 1 aliphatic heterocycles. The van der Waals surface area contributed by atoms with Crippen LogP contribution in [0.4, 0.5) is 10.1 Å². The first-order valence-electron chi connectivity index (χ1n) is 11.2. The summed E-state index contributed by atoms with van der Waals surface area (Å²) in [5.41, 5.74) is 2.86. The van der Waals surface area contributed by atoms with Gasteiger partial charge in [-0.05, 0) is 50.5 Å². The van der Waals surface area contributed by atoms with E-state index in [1.54, 1.807) is 28.8 Å². The molecule has 7 nitrogen and oxygen atoms in total. The predicted molar refractivity (Wildman–Crippen MR) is 121 cm³/mol. The van der Waals surface area contributed by atoms with Crippen LogP contribution in [0.2, 0.25) is 0 Å². The third-order valence-electron chi connectivity index (χ3n) is 5.96. The number of aryl methyl sites for hydroxylation is 1. The maximum atomic E-state index is 14.7. The number of rotatable bonds is 4. The summed E-state index contributed by atoms with van der Waals surface area (Å²) >= 11 is 0. The molecule has 32 heavy (non-hydrogen) atoms. The van der Waals surface area contributed by atoms with Crippen LogP contribution in [0, 0.1) is 5.82 Å². The van der Waals surface area contributed by atoms with Gasteiger partial charge < -0.3 is 10.2 Å². The molecule has 0 aliphatic carbocycles. The van der Waals surface area contributed by atoms with E-state index in [0.29, 0.717) is 34.7 Å². The summed E-state index contributed by atoms with van der Waals surface area (Å²) in [6.07, 6.45) is 4.93. The third kappa shape index (κ3) is 4.35. The highest BCUT2D eigenvalue weighted by Crippen LogP contribution is 2.26. The predicted octanol–water partition coefficient (Wildman–Crippen LogP) is 4.46. The Morgan fingerprint density at radius 3 is 2.72 bits per heavy atom. The first-order valence-corrected chi connectivity index (χ1v) is 11.2. The highest BCUT2D eigenvalue weighted by atomic mass is 19.1. The van der Waals surface area contributed by atoms with Crippen molar-refractivity contribution >= 4 is 23.1 Å². The van der Waals surface area contributed by atoms with E-state index in [0.717, 1.165) is 37.9 Å². The zero-order valence-corrected chi connectivity index (χ0v) is 18.7. The number of aromatic nitrogens is 3. The fourth-order valence-corrected chi connectivity index (χ4v) is 4.26. The van der Waals surface area contributed by atoms with Crippen molar-refractivity contribution in [3.05, 3.63) is 47.5 Å². The van der Waals surface area contributed by atoms with Crippen molar-refractivity contribution in [2.75, 3.05) is 11.9 Å². The van der Waals surface area contributed by atoms with Crippen LogP contribution < -0.4 is 5.32 Å². The second-order valence-electron chi connectivity index (χ2n) is 8.36. The summed E-state index contributed by atoms with van der Waals surface area (Å²) in [6, 6.07) is 8.15. The summed E-state index contributed by atoms with van der Waals surface area (Å²) in [5.74, 6) is -0.824. The number of hydrogen-bond donors (Lipinski definition) is 1. The Morgan fingerprint density at radius 2 is 2.00 bits per heavy atom. The lowest BCUT2D eigenvalue weighted by molar-refractivity contribution is -0.114.